The van der Waals surface area contributed by atoms with Gasteiger partial charge in [-0.15, -0.1) is 0 Å². The summed E-state index contributed by atoms with van der Waals surface area (Å²) in [5.41, 5.74) is 4.61. The van der Waals surface area contributed by atoms with Crippen molar-refractivity contribution in [2.24, 2.45) is 0 Å². The molecule has 0 bridgehead atoms. The molecule has 2 amide bonds. The fraction of sp³-hybridized carbons (Fsp3) is 0.100. The van der Waals surface area contributed by atoms with Crippen molar-refractivity contribution in [3.8, 4) is 5.69 Å². The minimum absolute atomic E-state index is 0.000301. The number of nitrogens with zero attached hydrogens (tertiary/aromatic N) is 3. The summed E-state index contributed by atoms with van der Waals surface area (Å²) in [6.07, 6.45) is 1.59. The number of anilines is 1. The molecule has 0 spiro atoms. The molecule has 1 saturated heterocycles. The van der Waals surface area contributed by atoms with Crippen LogP contribution in [-0.2, 0) is 9.59 Å². The summed E-state index contributed by atoms with van der Waals surface area (Å²) in [5.74, 6) is -1.09. The molecule has 8 nitrogen and oxygen atoms in total. The zero-order valence-electron chi connectivity index (χ0n) is 22.2. The molecule has 0 saturated carbocycles. The molecule has 1 aromatic heterocycles. The van der Waals surface area contributed by atoms with Crippen LogP contribution >= 0.6 is 35.6 Å². The summed E-state index contributed by atoms with van der Waals surface area (Å²) in [6.45, 7) is 5.67. The van der Waals surface area contributed by atoms with Gasteiger partial charge in [0.25, 0.3) is 17.5 Å². The second kappa shape index (κ2) is 11.3. The number of nitro groups is 1. The number of carbonyl (C=O) groups is 2. The Morgan fingerprint density at radius 2 is 1.61 bits per heavy atom. The van der Waals surface area contributed by atoms with Gasteiger partial charge in [-0.25, -0.2) is 0 Å². The Labute approximate surface area is 250 Å². The molecule has 4 aromatic rings. The van der Waals surface area contributed by atoms with Crippen LogP contribution in [-0.4, -0.2) is 26.4 Å². The molecule has 1 aliphatic heterocycles. The van der Waals surface area contributed by atoms with Gasteiger partial charge in [-0.05, 0) is 105 Å². The van der Waals surface area contributed by atoms with E-state index in [4.69, 9.17) is 23.8 Å². The molecule has 206 valence electrons. The number of halogens is 1. The average Bonchev–Trinajstić information content (AvgIpc) is 3.22. The quantitative estimate of drug-likeness (QED) is 0.0843. The van der Waals surface area contributed by atoms with Crippen molar-refractivity contribution in [3.63, 3.8) is 0 Å². The fourth-order valence-electron chi connectivity index (χ4n) is 4.64. The Balaban J connectivity index is 1.42. The highest BCUT2D eigenvalue weighted by molar-refractivity contribution is 7.99. The molecule has 1 N–H and O–H groups in total. The van der Waals surface area contributed by atoms with Gasteiger partial charge in [-0.3, -0.25) is 29.9 Å². The van der Waals surface area contributed by atoms with Crippen LogP contribution in [0.4, 0.5) is 11.4 Å². The number of aromatic nitrogens is 1. The van der Waals surface area contributed by atoms with Gasteiger partial charge in [-0.1, -0.05) is 29.4 Å². The van der Waals surface area contributed by atoms with Gasteiger partial charge >= 0.3 is 0 Å². The van der Waals surface area contributed by atoms with Crippen molar-refractivity contribution in [1.82, 2.24) is 9.88 Å². The highest BCUT2D eigenvalue weighted by Crippen LogP contribution is 2.32. The first kappa shape index (κ1) is 28.3. The van der Waals surface area contributed by atoms with Crippen molar-refractivity contribution in [2.45, 2.75) is 30.6 Å². The lowest BCUT2D eigenvalue weighted by Crippen LogP contribution is -2.54. The van der Waals surface area contributed by atoms with E-state index in [1.165, 1.54) is 28.8 Å². The second-order valence-electron chi connectivity index (χ2n) is 9.35. The Morgan fingerprint density at radius 1 is 0.976 bits per heavy atom. The molecule has 1 fully saturated rings. The maximum absolute atomic E-state index is 13.6. The van der Waals surface area contributed by atoms with Gasteiger partial charge in [0.1, 0.15) is 5.57 Å². The molecule has 0 unspecified atom stereocenters. The van der Waals surface area contributed by atoms with E-state index in [-0.39, 0.29) is 16.4 Å². The predicted octanol–water partition coefficient (Wildman–Crippen LogP) is 6.95. The molecule has 0 atom stereocenters. The predicted molar refractivity (Wildman–Crippen MR) is 165 cm³/mol. The third-order valence-corrected chi connectivity index (χ3v) is 8.44. The van der Waals surface area contributed by atoms with Crippen molar-refractivity contribution in [3.05, 3.63) is 116 Å². The number of amides is 2. The monoisotopic (exact) mass is 602 g/mol. The van der Waals surface area contributed by atoms with Crippen LogP contribution < -0.4 is 10.2 Å². The van der Waals surface area contributed by atoms with Crippen molar-refractivity contribution < 1.29 is 14.5 Å². The van der Waals surface area contributed by atoms with Crippen LogP contribution in [0, 0.1) is 30.9 Å². The molecule has 11 heteroatoms. The molecular weight excluding hydrogens is 580 g/mol. The van der Waals surface area contributed by atoms with E-state index in [1.54, 1.807) is 43.3 Å². The molecule has 2 heterocycles. The number of aryl methyl sites for hydroxylation is 1. The third-order valence-electron chi connectivity index (χ3n) is 6.73. The van der Waals surface area contributed by atoms with Crippen LogP contribution in [0.25, 0.3) is 11.8 Å². The first-order valence-corrected chi connectivity index (χ1v) is 14.0. The minimum Gasteiger partial charge on any atom is -0.318 e. The highest BCUT2D eigenvalue weighted by Gasteiger charge is 2.35. The van der Waals surface area contributed by atoms with E-state index in [0.29, 0.717) is 16.3 Å². The van der Waals surface area contributed by atoms with Gasteiger partial charge in [0.15, 0.2) is 5.11 Å². The lowest BCUT2D eigenvalue weighted by molar-refractivity contribution is -0.384. The summed E-state index contributed by atoms with van der Waals surface area (Å²) in [7, 11) is 0. The van der Waals surface area contributed by atoms with Crippen LogP contribution in [0.5, 0.6) is 0 Å². The lowest BCUT2D eigenvalue weighted by atomic mass is 10.1. The molecule has 0 aliphatic carbocycles. The maximum Gasteiger partial charge on any atom is 0.270 e. The number of hydrogen-bond donors (Lipinski definition) is 1. The van der Waals surface area contributed by atoms with E-state index in [1.807, 2.05) is 48.7 Å². The van der Waals surface area contributed by atoms with Crippen LogP contribution in [0.15, 0.2) is 88.2 Å². The second-order valence-corrected chi connectivity index (χ2v) is 11.3. The van der Waals surface area contributed by atoms with Crippen molar-refractivity contribution >= 4 is 70.0 Å². The van der Waals surface area contributed by atoms with Gasteiger partial charge in [0.2, 0.25) is 0 Å². The van der Waals surface area contributed by atoms with Gasteiger partial charge in [-0.2, -0.15) is 0 Å². The summed E-state index contributed by atoms with van der Waals surface area (Å²) in [5, 5.41) is 14.0. The number of thiocarbonyl (C=S) groups is 1. The number of rotatable bonds is 6. The number of hydrogen-bond acceptors (Lipinski definition) is 6. The minimum atomic E-state index is -0.562. The lowest BCUT2D eigenvalue weighted by Gasteiger charge is -2.30. The molecule has 3 aromatic carbocycles. The van der Waals surface area contributed by atoms with Crippen LogP contribution in [0.2, 0.25) is 5.02 Å². The standard InChI is InChI=1S/C30H23ClN4O4S2/c1-17-15-20(16-25-28(36)32-30(40)34(29(25)37)27-6-4-5-26(31)18(27)2)19(3)33(17)21-7-11-23(12-8-21)41-24-13-9-22(10-14-24)35(38)39/h4-16H,1-3H3,(H,32,36,40)/b25-16+. The number of benzene rings is 3. The maximum atomic E-state index is 13.6. The zero-order chi connectivity index (χ0) is 29.4. The van der Waals surface area contributed by atoms with Gasteiger partial charge < -0.3 is 4.57 Å². The molecule has 0 radical (unpaired) electrons. The summed E-state index contributed by atoms with van der Waals surface area (Å²) >= 11 is 13.1. The van der Waals surface area contributed by atoms with E-state index < -0.39 is 16.7 Å². The summed E-state index contributed by atoms with van der Waals surface area (Å²) in [4.78, 5) is 40.1. The number of carbonyl (C=O) groups excluding carboxylic acids is 2. The topological polar surface area (TPSA) is 97.5 Å². The largest absolute Gasteiger partial charge is 0.318 e. The van der Waals surface area contributed by atoms with E-state index in [2.05, 4.69) is 5.32 Å². The van der Waals surface area contributed by atoms with E-state index >= 15 is 0 Å². The first-order chi connectivity index (χ1) is 19.5. The molecule has 41 heavy (non-hydrogen) atoms. The van der Waals surface area contributed by atoms with Crippen molar-refractivity contribution in [2.75, 3.05) is 4.90 Å². The molecular formula is C30H23ClN4O4S2. The number of nitro benzene ring substituents is 1. The molecule has 1 aliphatic rings. The van der Waals surface area contributed by atoms with Gasteiger partial charge in [0, 0.05) is 44.0 Å². The van der Waals surface area contributed by atoms with Gasteiger partial charge in [0.05, 0.1) is 10.6 Å². The van der Waals surface area contributed by atoms with Crippen LogP contribution in [0.1, 0.15) is 22.5 Å². The smallest absolute Gasteiger partial charge is 0.270 e. The van der Waals surface area contributed by atoms with Crippen molar-refractivity contribution in [1.29, 1.82) is 0 Å². The average molecular weight is 603 g/mol. The number of nitrogens with one attached hydrogen (secondary N) is 1. The fourth-order valence-corrected chi connectivity index (χ4v) is 5.90. The third kappa shape index (κ3) is 5.54. The first-order valence-electron chi connectivity index (χ1n) is 12.4. The normalized spacial score (nSPS) is 14.5. The Hall–Kier alpha value is -4.25. The number of non-ortho nitro benzene ring substituents is 1. The Morgan fingerprint density at radius 3 is 2.24 bits per heavy atom. The van der Waals surface area contributed by atoms with E-state index in [0.717, 1.165) is 32.4 Å². The van der Waals surface area contributed by atoms with E-state index in [9.17, 15) is 19.7 Å². The van der Waals surface area contributed by atoms with Crippen LogP contribution in [0.3, 0.4) is 0 Å². The SMILES string of the molecule is Cc1c(Cl)cccc1N1C(=O)/C(=C/c2cc(C)n(-c3ccc(Sc4ccc([N+](=O)[O-])cc4)cc3)c2C)C(=O)NC1=S. The highest BCUT2D eigenvalue weighted by atomic mass is 35.5. The zero-order valence-corrected chi connectivity index (χ0v) is 24.6. The Bertz CT molecular complexity index is 1760. The Kier molecular flexibility index (Phi) is 7.81. The summed E-state index contributed by atoms with van der Waals surface area (Å²) < 4.78 is 2.04. The molecule has 5 rings (SSSR count). The summed E-state index contributed by atoms with van der Waals surface area (Å²) in [6, 6.07) is 21.4.